The number of pyridine rings is 1. The quantitative estimate of drug-likeness (QED) is 0.144. The highest BCUT2D eigenvalue weighted by Crippen LogP contribution is 2.39. The molecule has 192 valence electrons. The van der Waals surface area contributed by atoms with E-state index < -0.39 is 5.60 Å². The van der Waals surface area contributed by atoms with Crippen LogP contribution in [0.5, 0.6) is 0 Å². The third-order valence-electron chi connectivity index (χ3n) is 6.38. The van der Waals surface area contributed by atoms with E-state index >= 15 is 0 Å². The van der Waals surface area contributed by atoms with E-state index in [0.29, 0.717) is 17.3 Å². The fraction of sp³-hybridized carbons (Fsp3) is 0.286. The first kappa shape index (κ1) is 25.0. The highest BCUT2D eigenvalue weighted by atomic mass is 127. The monoisotopic (exact) mass is 635 g/mol. The molecular formula is C28H26IN7OS. The molecule has 0 aliphatic heterocycles. The minimum atomic E-state index is -0.441. The van der Waals surface area contributed by atoms with E-state index in [4.69, 9.17) is 4.84 Å². The van der Waals surface area contributed by atoms with Crippen LogP contribution in [0.15, 0.2) is 54.2 Å². The number of nitrogens with one attached hydrogen (secondary N) is 2. The molecule has 0 radical (unpaired) electrons. The molecule has 0 amide bonds. The molecular weight excluding hydrogens is 609 g/mol. The van der Waals surface area contributed by atoms with Crippen molar-refractivity contribution in [3.8, 4) is 6.07 Å². The lowest BCUT2D eigenvalue weighted by Crippen LogP contribution is -2.23. The van der Waals surface area contributed by atoms with E-state index in [9.17, 15) is 5.26 Å². The van der Waals surface area contributed by atoms with Gasteiger partial charge in [0.05, 0.1) is 40.6 Å². The summed E-state index contributed by atoms with van der Waals surface area (Å²) in [5.41, 5.74) is 7.32. The van der Waals surface area contributed by atoms with Gasteiger partial charge in [-0.25, -0.2) is 4.68 Å². The van der Waals surface area contributed by atoms with Gasteiger partial charge in [0.15, 0.2) is 0 Å². The number of nitriles is 1. The zero-order chi connectivity index (χ0) is 26.4. The lowest BCUT2D eigenvalue weighted by molar-refractivity contribution is 0.0377. The molecule has 10 heteroatoms. The SMILES string of the molecule is CC(C)(C)ONc1c(C#N)cnc2c(I)cc(N[C@H](c3cn(C4CC4)nn3)c3cccc4ccsc34)cc12. The van der Waals surface area contributed by atoms with E-state index in [1.165, 1.54) is 10.1 Å². The lowest BCUT2D eigenvalue weighted by Gasteiger charge is -2.22. The highest BCUT2D eigenvalue weighted by molar-refractivity contribution is 14.1. The first-order valence-electron chi connectivity index (χ1n) is 12.4. The van der Waals surface area contributed by atoms with Crippen molar-refractivity contribution >= 4 is 66.3 Å². The Hall–Kier alpha value is -3.27. The summed E-state index contributed by atoms with van der Waals surface area (Å²) in [6.07, 6.45) is 5.94. The average Bonchev–Trinajstić information content (AvgIpc) is 3.41. The molecule has 1 aliphatic rings. The smallest absolute Gasteiger partial charge is 0.110 e. The van der Waals surface area contributed by atoms with Crippen LogP contribution in [0.2, 0.25) is 0 Å². The number of benzene rings is 2. The van der Waals surface area contributed by atoms with Gasteiger partial charge in [0.25, 0.3) is 0 Å². The molecule has 8 nitrogen and oxygen atoms in total. The van der Waals surface area contributed by atoms with Gasteiger partial charge in [-0.15, -0.1) is 16.4 Å². The van der Waals surface area contributed by atoms with Crippen LogP contribution in [-0.4, -0.2) is 25.6 Å². The molecule has 1 saturated carbocycles. The van der Waals surface area contributed by atoms with Crippen molar-refractivity contribution in [2.24, 2.45) is 0 Å². The van der Waals surface area contributed by atoms with Crippen molar-refractivity contribution in [3.05, 3.63) is 74.6 Å². The Labute approximate surface area is 238 Å². The molecule has 2 aromatic carbocycles. The van der Waals surface area contributed by atoms with Gasteiger partial charge in [0.2, 0.25) is 0 Å². The predicted molar refractivity (Wildman–Crippen MR) is 159 cm³/mol. The van der Waals surface area contributed by atoms with Gasteiger partial charge < -0.3 is 5.32 Å². The summed E-state index contributed by atoms with van der Waals surface area (Å²) in [6.45, 7) is 5.87. The fourth-order valence-electron chi connectivity index (χ4n) is 4.40. The number of fused-ring (bicyclic) bond motifs is 2. The van der Waals surface area contributed by atoms with Gasteiger partial charge >= 0.3 is 0 Å². The van der Waals surface area contributed by atoms with Crippen molar-refractivity contribution in [1.82, 2.24) is 20.0 Å². The van der Waals surface area contributed by atoms with Gasteiger partial charge in [-0.2, -0.15) is 5.26 Å². The second kappa shape index (κ2) is 9.80. The van der Waals surface area contributed by atoms with Crippen molar-refractivity contribution in [2.75, 3.05) is 10.8 Å². The second-order valence-corrected chi connectivity index (χ2v) is 12.5. The Bertz CT molecular complexity index is 1690. The number of nitrogens with zero attached hydrogens (tertiary/aromatic N) is 5. The maximum absolute atomic E-state index is 9.80. The summed E-state index contributed by atoms with van der Waals surface area (Å²) >= 11 is 4.02. The Morgan fingerprint density at radius 2 is 2.08 bits per heavy atom. The summed E-state index contributed by atoms with van der Waals surface area (Å²) in [7, 11) is 0. The molecule has 1 aliphatic carbocycles. The fourth-order valence-corrected chi connectivity index (χ4v) is 6.11. The molecule has 0 saturated heterocycles. The summed E-state index contributed by atoms with van der Waals surface area (Å²) < 4.78 is 4.16. The van der Waals surface area contributed by atoms with Gasteiger partial charge in [-0.05, 0) is 90.7 Å². The van der Waals surface area contributed by atoms with Crippen molar-refractivity contribution < 1.29 is 4.84 Å². The third-order valence-corrected chi connectivity index (χ3v) is 8.18. The molecule has 1 fully saturated rings. The molecule has 6 rings (SSSR count). The molecule has 0 spiro atoms. The summed E-state index contributed by atoms with van der Waals surface area (Å²) in [4.78, 5) is 10.4. The van der Waals surface area contributed by atoms with Gasteiger partial charge in [0, 0.05) is 25.5 Å². The average molecular weight is 636 g/mol. The van der Waals surface area contributed by atoms with Gasteiger partial charge in [-0.1, -0.05) is 23.4 Å². The summed E-state index contributed by atoms with van der Waals surface area (Å²) in [5, 5.41) is 26.7. The van der Waals surface area contributed by atoms with Crippen molar-refractivity contribution in [2.45, 2.75) is 51.3 Å². The van der Waals surface area contributed by atoms with E-state index in [2.05, 4.69) is 96.7 Å². The third kappa shape index (κ3) is 4.93. The largest absolute Gasteiger partial charge is 0.373 e. The van der Waals surface area contributed by atoms with E-state index in [-0.39, 0.29) is 6.04 Å². The van der Waals surface area contributed by atoms with Crippen LogP contribution in [0, 0.1) is 14.9 Å². The van der Waals surface area contributed by atoms with Crippen LogP contribution in [0.1, 0.15) is 62.5 Å². The van der Waals surface area contributed by atoms with Crippen LogP contribution in [0.4, 0.5) is 11.4 Å². The first-order chi connectivity index (χ1) is 18.3. The molecule has 3 heterocycles. The molecule has 5 aromatic rings. The molecule has 38 heavy (non-hydrogen) atoms. The van der Waals surface area contributed by atoms with Crippen molar-refractivity contribution in [3.63, 3.8) is 0 Å². The van der Waals surface area contributed by atoms with Crippen LogP contribution in [0.3, 0.4) is 0 Å². The predicted octanol–water partition coefficient (Wildman–Crippen LogP) is 7.20. The number of hydrogen-bond acceptors (Lipinski definition) is 8. The zero-order valence-corrected chi connectivity index (χ0v) is 24.2. The van der Waals surface area contributed by atoms with Crippen LogP contribution >= 0.6 is 33.9 Å². The van der Waals surface area contributed by atoms with Gasteiger partial charge in [-0.3, -0.25) is 15.3 Å². The Morgan fingerprint density at radius 1 is 1.24 bits per heavy atom. The first-order valence-corrected chi connectivity index (χ1v) is 14.4. The van der Waals surface area contributed by atoms with E-state index in [1.807, 2.05) is 31.5 Å². The van der Waals surface area contributed by atoms with Crippen LogP contribution < -0.4 is 10.8 Å². The second-order valence-electron chi connectivity index (χ2n) is 10.4. The number of anilines is 2. The Morgan fingerprint density at radius 3 is 2.84 bits per heavy atom. The topological polar surface area (TPSA) is 101 Å². The Balaban J connectivity index is 1.46. The number of hydrogen-bond donors (Lipinski definition) is 2. The van der Waals surface area contributed by atoms with Crippen LogP contribution in [0.25, 0.3) is 21.0 Å². The summed E-state index contributed by atoms with van der Waals surface area (Å²) in [5.74, 6) is 0. The minimum absolute atomic E-state index is 0.215. The molecule has 0 bridgehead atoms. The summed E-state index contributed by atoms with van der Waals surface area (Å²) in [6, 6.07) is 15.1. The number of halogens is 1. The van der Waals surface area contributed by atoms with Crippen LogP contribution in [-0.2, 0) is 4.84 Å². The van der Waals surface area contributed by atoms with E-state index in [1.54, 1.807) is 17.5 Å². The molecule has 1 atom stereocenters. The molecule has 3 aromatic heterocycles. The molecule has 0 unspecified atom stereocenters. The highest BCUT2D eigenvalue weighted by Gasteiger charge is 2.28. The number of thiophene rings is 1. The van der Waals surface area contributed by atoms with Gasteiger partial charge in [0.1, 0.15) is 11.8 Å². The van der Waals surface area contributed by atoms with E-state index in [0.717, 1.165) is 44.3 Å². The standard InChI is InChI=1S/C28H26IN7OS/c1-28(2,3)37-34-24-17(13-30)14-31-25-21(24)11-18(12-22(25)29)32-26(23-15-36(35-33-23)19-7-8-19)20-6-4-5-16-9-10-38-27(16)20/h4-6,9-12,14-15,19,26,32H,7-8H2,1-3H3,(H,31,34)/t26-/m0/s1. The minimum Gasteiger partial charge on any atom is -0.373 e. The number of rotatable bonds is 7. The van der Waals surface area contributed by atoms with Crippen molar-refractivity contribution in [1.29, 1.82) is 5.26 Å². The zero-order valence-electron chi connectivity index (χ0n) is 21.2. The maximum atomic E-state index is 9.80. The lowest BCUT2D eigenvalue weighted by atomic mass is 10.0. The maximum Gasteiger partial charge on any atom is 0.110 e. The normalized spacial score (nSPS) is 14.5. The Kier molecular flexibility index (Phi) is 6.45. The molecule has 2 N–H and O–H groups in total. The number of aromatic nitrogens is 4.